The van der Waals surface area contributed by atoms with Gasteiger partial charge in [-0.15, -0.1) is 0 Å². The Kier molecular flexibility index (Phi) is 5.89. The lowest BCUT2D eigenvalue weighted by molar-refractivity contribution is 0.0945. The first-order valence-corrected chi connectivity index (χ1v) is 12.0. The molecule has 0 aliphatic carbocycles. The van der Waals surface area contributed by atoms with Gasteiger partial charge in [0.05, 0.1) is 15.5 Å². The summed E-state index contributed by atoms with van der Waals surface area (Å²) >= 11 is 6.23. The van der Waals surface area contributed by atoms with Crippen LogP contribution < -0.4 is 14.8 Å². The minimum atomic E-state index is -3.63. The number of carbonyl (C=O) groups is 1. The molecule has 31 heavy (non-hydrogen) atoms. The number of halogens is 1. The largest absolute Gasteiger partial charge is 0.454 e. The summed E-state index contributed by atoms with van der Waals surface area (Å²) in [5.74, 6) is 0.962. The van der Waals surface area contributed by atoms with Crippen molar-refractivity contribution in [2.24, 2.45) is 0 Å². The Bertz CT molecular complexity index is 1110. The Hall–Kier alpha value is -2.29. The van der Waals surface area contributed by atoms with E-state index in [-0.39, 0.29) is 22.3 Å². The van der Waals surface area contributed by atoms with Crippen molar-refractivity contribution < 1.29 is 22.7 Å². The van der Waals surface area contributed by atoms with Crippen LogP contribution in [0.15, 0.2) is 41.3 Å². The molecule has 0 saturated carbocycles. The van der Waals surface area contributed by atoms with E-state index < -0.39 is 21.3 Å². The van der Waals surface area contributed by atoms with Gasteiger partial charge in [0.25, 0.3) is 5.91 Å². The fraction of sp³-hybridized carbons (Fsp3) is 0.409. The molecule has 1 fully saturated rings. The number of fused-ring (bicyclic) bond motifs is 1. The fourth-order valence-electron chi connectivity index (χ4n) is 3.73. The summed E-state index contributed by atoms with van der Waals surface area (Å²) in [7, 11) is -3.63. The maximum absolute atomic E-state index is 12.9. The van der Waals surface area contributed by atoms with Gasteiger partial charge < -0.3 is 14.8 Å². The molecule has 2 aromatic carbocycles. The molecule has 9 heteroatoms. The van der Waals surface area contributed by atoms with Gasteiger partial charge in [-0.2, -0.15) is 4.31 Å². The second kappa shape index (κ2) is 8.33. The summed E-state index contributed by atoms with van der Waals surface area (Å²) in [5.41, 5.74) is 0.722. The van der Waals surface area contributed by atoms with Crippen LogP contribution in [0, 0.1) is 0 Å². The number of ether oxygens (including phenoxy) is 2. The Morgan fingerprint density at radius 2 is 1.81 bits per heavy atom. The number of rotatable bonds is 6. The molecular formula is C22H25ClN2O5S. The number of sulfonamides is 1. The molecule has 2 aliphatic rings. The van der Waals surface area contributed by atoms with Crippen molar-refractivity contribution in [1.82, 2.24) is 9.62 Å². The van der Waals surface area contributed by atoms with Crippen LogP contribution in [0.25, 0.3) is 0 Å². The van der Waals surface area contributed by atoms with E-state index in [1.54, 1.807) is 0 Å². The third-order valence-electron chi connectivity index (χ3n) is 5.73. The van der Waals surface area contributed by atoms with E-state index in [9.17, 15) is 13.2 Å². The molecule has 166 valence electrons. The summed E-state index contributed by atoms with van der Waals surface area (Å²) in [6.45, 7) is 5.52. The Balaban J connectivity index is 1.50. The summed E-state index contributed by atoms with van der Waals surface area (Å²) < 4.78 is 37.9. The lowest BCUT2D eigenvalue weighted by Gasteiger charge is -2.26. The lowest BCUT2D eigenvalue weighted by Crippen LogP contribution is -2.37. The second-order valence-corrected chi connectivity index (χ2v) is 10.7. The van der Waals surface area contributed by atoms with Crippen LogP contribution in [0.2, 0.25) is 5.02 Å². The zero-order valence-electron chi connectivity index (χ0n) is 17.5. The van der Waals surface area contributed by atoms with Crippen LogP contribution in [0.4, 0.5) is 0 Å². The zero-order chi connectivity index (χ0) is 22.2. The van der Waals surface area contributed by atoms with Crippen LogP contribution in [0.3, 0.4) is 0 Å². The standard InChI is InChI=1S/C22H25ClN2O5S/c1-22(2,15-5-8-19-20(11-15)30-14-29-19)13-24-21(26)17-12-16(6-7-18(17)23)31(27,28)25-9-3-4-10-25/h5-8,11-12H,3-4,9-10,13-14H2,1-2H3,(H,24,26). The fourth-order valence-corrected chi connectivity index (χ4v) is 5.48. The highest BCUT2D eigenvalue weighted by atomic mass is 35.5. The number of carbonyl (C=O) groups excluding carboxylic acids is 1. The highest BCUT2D eigenvalue weighted by Gasteiger charge is 2.29. The number of nitrogens with one attached hydrogen (secondary N) is 1. The van der Waals surface area contributed by atoms with E-state index in [4.69, 9.17) is 21.1 Å². The number of hydrogen-bond donors (Lipinski definition) is 1. The third-order valence-corrected chi connectivity index (χ3v) is 7.95. The van der Waals surface area contributed by atoms with E-state index >= 15 is 0 Å². The topological polar surface area (TPSA) is 84.9 Å². The van der Waals surface area contributed by atoms with Crippen LogP contribution >= 0.6 is 11.6 Å². The quantitative estimate of drug-likeness (QED) is 0.706. The first-order chi connectivity index (χ1) is 14.7. The third kappa shape index (κ3) is 4.37. The minimum absolute atomic E-state index is 0.0824. The van der Waals surface area contributed by atoms with Crippen LogP contribution in [-0.2, 0) is 15.4 Å². The van der Waals surface area contributed by atoms with Crippen LogP contribution in [-0.4, -0.2) is 45.1 Å². The van der Waals surface area contributed by atoms with Crippen molar-refractivity contribution in [3.8, 4) is 11.5 Å². The van der Waals surface area contributed by atoms with Crippen LogP contribution in [0.1, 0.15) is 42.6 Å². The molecule has 7 nitrogen and oxygen atoms in total. The highest BCUT2D eigenvalue weighted by molar-refractivity contribution is 7.89. The SMILES string of the molecule is CC(C)(CNC(=O)c1cc(S(=O)(=O)N2CCCC2)ccc1Cl)c1ccc2c(c1)OCO2. The second-order valence-electron chi connectivity index (χ2n) is 8.39. The Morgan fingerprint density at radius 3 is 2.55 bits per heavy atom. The zero-order valence-corrected chi connectivity index (χ0v) is 19.1. The van der Waals surface area contributed by atoms with Gasteiger partial charge in [-0.25, -0.2) is 8.42 Å². The lowest BCUT2D eigenvalue weighted by atomic mass is 9.84. The van der Waals surface area contributed by atoms with Crippen molar-refractivity contribution in [2.75, 3.05) is 26.4 Å². The number of nitrogens with zero attached hydrogens (tertiary/aromatic N) is 1. The van der Waals surface area contributed by atoms with Crippen molar-refractivity contribution in [1.29, 1.82) is 0 Å². The van der Waals surface area contributed by atoms with E-state index in [0.717, 1.165) is 18.4 Å². The van der Waals surface area contributed by atoms with E-state index in [2.05, 4.69) is 5.32 Å². The molecule has 0 unspecified atom stereocenters. The smallest absolute Gasteiger partial charge is 0.252 e. The van der Waals surface area contributed by atoms with Crippen molar-refractivity contribution >= 4 is 27.5 Å². The molecule has 0 aromatic heterocycles. The molecule has 0 bridgehead atoms. The average molecular weight is 465 g/mol. The first kappa shape index (κ1) is 21.9. The molecule has 2 aromatic rings. The summed E-state index contributed by atoms with van der Waals surface area (Å²) in [6, 6.07) is 9.97. The molecule has 2 aliphatic heterocycles. The molecule has 4 rings (SSSR count). The van der Waals surface area contributed by atoms with Crippen molar-refractivity contribution in [3.05, 3.63) is 52.5 Å². The average Bonchev–Trinajstić information content (AvgIpc) is 3.44. The Morgan fingerprint density at radius 1 is 1.10 bits per heavy atom. The molecule has 0 spiro atoms. The van der Waals surface area contributed by atoms with Gasteiger partial charge in [-0.3, -0.25) is 4.79 Å². The predicted octanol–water partition coefficient (Wildman–Crippen LogP) is 3.56. The van der Waals surface area contributed by atoms with Crippen molar-refractivity contribution in [2.45, 2.75) is 37.0 Å². The van der Waals surface area contributed by atoms with Gasteiger partial charge in [0.1, 0.15) is 0 Å². The van der Waals surface area contributed by atoms with Gasteiger partial charge in [-0.05, 0) is 48.7 Å². The van der Waals surface area contributed by atoms with Gasteiger partial charge in [-0.1, -0.05) is 31.5 Å². The molecule has 1 amide bonds. The normalized spacial score (nSPS) is 16.5. The van der Waals surface area contributed by atoms with E-state index in [0.29, 0.717) is 31.1 Å². The summed E-state index contributed by atoms with van der Waals surface area (Å²) in [5, 5.41) is 3.10. The predicted molar refractivity (Wildman–Crippen MR) is 117 cm³/mol. The molecule has 0 atom stereocenters. The van der Waals surface area contributed by atoms with Gasteiger partial charge >= 0.3 is 0 Å². The highest BCUT2D eigenvalue weighted by Crippen LogP contribution is 2.36. The van der Waals surface area contributed by atoms with Crippen LogP contribution in [0.5, 0.6) is 11.5 Å². The molecule has 2 heterocycles. The number of benzene rings is 2. The molecule has 0 radical (unpaired) electrons. The number of amides is 1. The van der Waals surface area contributed by atoms with Gasteiger partial charge in [0.15, 0.2) is 11.5 Å². The van der Waals surface area contributed by atoms with Crippen molar-refractivity contribution in [3.63, 3.8) is 0 Å². The monoisotopic (exact) mass is 464 g/mol. The minimum Gasteiger partial charge on any atom is -0.454 e. The first-order valence-electron chi connectivity index (χ1n) is 10.2. The van der Waals surface area contributed by atoms with E-state index in [1.807, 2.05) is 32.0 Å². The van der Waals surface area contributed by atoms with Gasteiger partial charge in [0.2, 0.25) is 16.8 Å². The number of hydrogen-bond acceptors (Lipinski definition) is 5. The molecule has 1 N–H and O–H groups in total. The summed E-state index contributed by atoms with van der Waals surface area (Å²) in [6.07, 6.45) is 1.68. The Labute approximate surface area is 187 Å². The maximum atomic E-state index is 12.9. The summed E-state index contributed by atoms with van der Waals surface area (Å²) in [4.78, 5) is 13.0. The molecular weight excluding hydrogens is 440 g/mol. The van der Waals surface area contributed by atoms with E-state index in [1.165, 1.54) is 22.5 Å². The van der Waals surface area contributed by atoms with Gasteiger partial charge in [0, 0.05) is 25.0 Å². The molecule has 1 saturated heterocycles. The maximum Gasteiger partial charge on any atom is 0.252 e.